The third-order valence-corrected chi connectivity index (χ3v) is 5.80. The van der Waals surface area contributed by atoms with Gasteiger partial charge in [-0.3, -0.25) is 4.79 Å². The number of benzene rings is 1. The Morgan fingerprint density at radius 2 is 2.11 bits per heavy atom. The molecule has 7 heteroatoms. The largest absolute Gasteiger partial charge is 0.370 e. The van der Waals surface area contributed by atoms with Crippen molar-refractivity contribution in [2.75, 3.05) is 6.54 Å². The van der Waals surface area contributed by atoms with E-state index in [1.807, 2.05) is 13.0 Å². The maximum absolute atomic E-state index is 13.5. The smallest absolute Gasteiger partial charge is 0.218 e. The number of pyridine rings is 1. The van der Waals surface area contributed by atoms with Crippen LogP contribution in [0.3, 0.4) is 0 Å². The third-order valence-electron chi connectivity index (χ3n) is 4.21. The summed E-state index contributed by atoms with van der Waals surface area (Å²) in [5.74, 6) is 2.93. The van der Waals surface area contributed by atoms with Crippen molar-refractivity contribution in [1.29, 1.82) is 0 Å². The van der Waals surface area contributed by atoms with Crippen molar-refractivity contribution >= 4 is 27.1 Å². The molecule has 2 aromatic rings. The lowest BCUT2D eigenvalue weighted by Crippen LogP contribution is -2.28. The van der Waals surface area contributed by atoms with Crippen LogP contribution in [-0.2, 0) is 14.5 Å². The van der Waals surface area contributed by atoms with Crippen molar-refractivity contribution in [2.24, 2.45) is 5.73 Å². The minimum Gasteiger partial charge on any atom is -0.370 e. The lowest BCUT2D eigenvalue weighted by Gasteiger charge is -2.14. The molecule has 0 fully saturated rings. The van der Waals surface area contributed by atoms with E-state index >= 15 is 0 Å². The SMILES string of the molecule is C=S(=O)(NCCC(N)=O)c1ccc(C(=CCCC)c2ccc(F)cc2C)cn1. The Bertz CT molecular complexity index is 968. The molecule has 0 aliphatic carbocycles. The summed E-state index contributed by atoms with van der Waals surface area (Å²) in [6, 6.07) is 8.18. The zero-order chi connectivity index (χ0) is 20.7. The summed E-state index contributed by atoms with van der Waals surface area (Å²) in [7, 11) is -2.83. The van der Waals surface area contributed by atoms with Gasteiger partial charge in [0.05, 0.1) is 9.71 Å². The molecule has 0 aliphatic rings. The van der Waals surface area contributed by atoms with Crippen LogP contribution in [0.1, 0.15) is 42.9 Å². The Morgan fingerprint density at radius 3 is 2.68 bits per heavy atom. The second-order valence-corrected chi connectivity index (χ2v) is 8.59. The fraction of sp³-hybridized carbons (Fsp3) is 0.286. The third kappa shape index (κ3) is 5.74. The molecule has 1 amide bonds. The quantitative estimate of drug-likeness (QED) is 0.631. The summed E-state index contributed by atoms with van der Waals surface area (Å²) >= 11 is 0. The molecule has 0 aliphatic heterocycles. The highest BCUT2D eigenvalue weighted by atomic mass is 32.2. The Balaban J connectivity index is 2.33. The monoisotopic (exact) mass is 403 g/mol. The maximum atomic E-state index is 13.5. The first-order valence-corrected chi connectivity index (χ1v) is 10.8. The number of amides is 1. The van der Waals surface area contributed by atoms with Gasteiger partial charge in [0, 0.05) is 24.7 Å². The number of halogens is 1. The number of aromatic nitrogens is 1. The van der Waals surface area contributed by atoms with Crippen molar-refractivity contribution in [1.82, 2.24) is 9.71 Å². The fourth-order valence-corrected chi connectivity index (χ4v) is 3.84. The van der Waals surface area contributed by atoms with Gasteiger partial charge >= 0.3 is 0 Å². The topological polar surface area (TPSA) is 85.1 Å². The van der Waals surface area contributed by atoms with E-state index in [9.17, 15) is 13.4 Å². The molecule has 5 nitrogen and oxygen atoms in total. The van der Waals surface area contributed by atoms with Crippen molar-refractivity contribution in [3.05, 3.63) is 65.1 Å². The zero-order valence-electron chi connectivity index (χ0n) is 16.2. The highest BCUT2D eigenvalue weighted by molar-refractivity contribution is 7.98. The van der Waals surface area contributed by atoms with Gasteiger partial charge in [-0.15, -0.1) is 0 Å². The van der Waals surface area contributed by atoms with Crippen molar-refractivity contribution in [2.45, 2.75) is 38.1 Å². The van der Waals surface area contributed by atoms with Crippen LogP contribution in [0.15, 0.2) is 47.6 Å². The van der Waals surface area contributed by atoms with Gasteiger partial charge in [-0.1, -0.05) is 31.6 Å². The average Bonchev–Trinajstić information content (AvgIpc) is 2.63. The van der Waals surface area contributed by atoms with Crippen LogP contribution in [0, 0.1) is 12.7 Å². The lowest BCUT2D eigenvalue weighted by molar-refractivity contribution is -0.117. The van der Waals surface area contributed by atoms with E-state index in [4.69, 9.17) is 5.73 Å². The number of allylic oxidation sites excluding steroid dienone is 1. The Hall–Kier alpha value is -2.51. The molecule has 0 saturated heterocycles. The first kappa shape index (κ1) is 21.8. The van der Waals surface area contributed by atoms with Crippen LogP contribution >= 0.6 is 0 Å². The molecular formula is C21H26FN3O2S. The molecule has 1 aromatic carbocycles. The highest BCUT2D eigenvalue weighted by Gasteiger charge is 2.13. The van der Waals surface area contributed by atoms with E-state index in [-0.39, 0.29) is 18.8 Å². The summed E-state index contributed by atoms with van der Waals surface area (Å²) in [6.07, 6.45) is 5.66. The first-order valence-electron chi connectivity index (χ1n) is 9.08. The Morgan fingerprint density at radius 1 is 1.36 bits per heavy atom. The number of nitrogens with zero attached hydrogens (tertiary/aromatic N) is 1. The van der Waals surface area contributed by atoms with Crippen LogP contribution in [0.2, 0.25) is 0 Å². The molecule has 3 N–H and O–H groups in total. The van der Waals surface area contributed by atoms with Crippen molar-refractivity contribution in [3.8, 4) is 0 Å². The van der Waals surface area contributed by atoms with Crippen LogP contribution in [0.4, 0.5) is 4.39 Å². The number of aryl methyl sites for hydroxylation is 1. The van der Waals surface area contributed by atoms with E-state index in [1.54, 1.807) is 18.3 Å². The number of nitrogens with two attached hydrogens (primary N) is 1. The number of nitrogens with one attached hydrogen (secondary N) is 1. The molecule has 0 radical (unpaired) electrons. The summed E-state index contributed by atoms with van der Waals surface area (Å²) in [5, 5.41) is 0.298. The fourth-order valence-electron chi connectivity index (χ4n) is 2.75. The lowest BCUT2D eigenvalue weighted by atomic mass is 9.94. The Labute approximate surface area is 166 Å². The molecule has 0 bridgehead atoms. The molecule has 28 heavy (non-hydrogen) atoms. The van der Waals surface area contributed by atoms with Crippen LogP contribution in [0.5, 0.6) is 0 Å². The normalized spacial score (nSPS) is 13.9. The number of hydrogen-bond acceptors (Lipinski definition) is 3. The summed E-state index contributed by atoms with van der Waals surface area (Å²) in [4.78, 5) is 15.2. The minimum absolute atomic E-state index is 0.0678. The van der Waals surface area contributed by atoms with Crippen LogP contribution in [0.25, 0.3) is 5.57 Å². The number of rotatable bonds is 9. The van der Waals surface area contributed by atoms with Gasteiger partial charge in [-0.25, -0.2) is 18.3 Å². The minimum atomic E-state index is -2.83. The number of hydrogen-bond donors (Lipinski definition) is 2. The predicted octanol–water partition coefficient (Wildman–Crippen LogP) is 3.22. The molecule has 0 spiro atoms. The van der Waals surface area contributed by atoms with E-state index < -0.39 is 15.6 Å². The van der Waals surface area contributed by atoms with Gasteiger partial charge in [-0.2, -0.15) is 0 Å². The van der Waals surface area contributed by atoms with Gasteiger partial charge in [0.2, 0.25) is 5.91 Å². The summed E-state index contributed by atoms with van der Waals surface area (Å²) in [6.45, 7) is 4.12. The Kier molecular flexibility index (Phi) is 7.48. The second kappa shape index (κ2) is 9.61. The van der Waals surface area contributed by atoms with Gasteiger partial charge < -0.3 is 5.73 Å². The van der Waals surface area contributed by atoms with E-state index in [2.05, 4.69) is 28.6 Å². The molecular weight excluding hydrogens is 377 g/mol. The van der Waals surface area contributed by atoms with Gasteiger partial charge in [0.1, 0.15) is 10.8 Å². The van der Waals surface area contributed by atoms with Crippen molar-refractivity contribution in [3.63, 3.8) is 0 Å². The number of carbonyl (C=O) groups is 1. The molecule has 1 heterocycles. The molecule has 1 unspecified atom stereocenters. The van der Waals surface area contributed by atoms with Crippen LogP contribution in [-0.4, -0.2) is 27.5 Å². The number of primary amides is 1. The van der Waals surface area contributed by atoms with E-state index in [0.717, 1.165) is 35.1 Å². The number of carbonyl (C=O) groups excluding carboxylic acids is 1. The molecule has 150 valence electrons. The van der Waals surface area contributed by atoms with E-state index in [0.29, 0.717) is 5.03 Å². The van der Waals surface area contributed by atoms with Crippen LogP contribution < -0.4 is 10.5 Å². The van der Waals surface area contributed by atoms with Gasteiger partial charge in [-0.05, 0) is 54.1 Å². The highest BCUT2D eigenvalue weighted by Crippen LogP contribution is 2.27. The van der Waals surface area contributed by atoms with Crippen molar-refractivity contribution < 1.29 is 13.4 Å². The summed E-state index contributed by atoms with van der Waals surface area (Å²) in [5.41, 5.74) is 8.66. The average molecular weight is 404 g/mol. The molecule has 2 rings (SSSR count). The first-order chi connectivity index (χ1) is 13.2. The second-order valence-electron chi connectivity index (χ2n) is 6.54. The summed E-state index contributed by atoms with van der Waals surface area (Å²) < 4.78 is 28.9. The zero-order valence-corrected chi connectivity index (χ0v) is 17.0. The number of unbranched alkanes of at least 4 members (excludes halogenated alkanes) is 1. The predicted molar refractivity (Wildman–Crippen MR) is 113 cm³/mol. The van der Waals surface area contributed by atoms with Gasteiger partial charge in [0.15, 0.2) is 0 Å². The molecule has 1 atom stereocenters. The van der Waals surface area contributed by atoms with E-state index in [1.165, 1.54) is 12.1 Å². The standard InChI is InChI=1S/C21H26FN3O2S/c1-4-5-6-19(18-9-8-17(22)13-15(18)2)16-7-10-21(24-14-16)28(3,27)25-12-11-20(23)26/h6-10,13-14H,3-5,11-12H2,1-2H3,(H2,23,26)(H,25,27). The maximum Gasteiger partial charge on any atom is 0.218 e. The molecule has 0 saturated carbocycles. The molecule has 1 aromatic heterocycles. The van der Waals surface area contributed by atoms with Gasteiger partial charge in [0.25, 0.3) is 0 Å².